The van der Waals surface area contributed by atoms with Crippen molar-refractivity contribution in [1.29, 1.82) is 0 Å². The fraction of sp³-hybridized carbons (Fsp3) is 0.640. The zero-order chi connectivity index (χ0) is 25.1. The van der Waals surface area contributed by atoms with Crippen LogP contribution in [0, 0.1) is 5.92 Å². The van der Waals surface area contributed by atoms with Crippen LogP contribution in [0.4, 0.5) is 0 Å². The van der Waals surface area contributed by atoms with Gasteiger partial charge >= 0.3 is 5.97 Å². The van der Waals surface area contributed by atoms with Crippen molar-refractivity contribution >= 4 is 23.7 Å². The molecule has 0 aromatic carbocycles. The second-order valence-corrected chi connectivity index (χ2v) is 9.01. The molecule has 0 unspecified atom stereocenters. The van der Waals surface area contributed by atoms with Gasteiger partial charge in [-0.25, -0.2) is 4.79 Å². The summed E-state index contributed by atoms with van der Waals surface area (Å²) in [4.78, 5) is 56.0. The number of rotatable bonds is 8. The van der Waals surface area contributed by atoms with Gasteiger partial charge < -0.3 is 20.7 Å². The highest BCUT2D eigenvalue weighted by atomic mass is 16.5. The monoisotopic (exact) mass is 474 g/mol. The summed E-state index contributed by atoms with van der Waals surface area (Å²) in [6.07, 6.45) is 5.00. The molecule has 9 nitrogen and oxygen atoms in total. The number of esters is 1. The van der Waals surface area contributed by atoms with Gasteiger partial charge in [0.15, 0.2) is 0 Å². The summed E-state index contributed by atoms with van der Waals surface area (Å²) in [5.41, 5.74) is 0.632. The first kappa shape index (κ1) is 27.3. The van der Waals surface area contributed by atoms with E-state index < -0.39 is 47.9 Å². The molecule has 5 atom stereocenters. The predicted molar refractivity (Wildman–Crippen MR) is 128 cm³/mol. The summed E-state index contributed by atoms with van der Waals surface area (Å²) in [6, 6.07) is 2.64. The zero-order valence-corrected chi connectivity index (χ0v) is 20.6. The molecule has 1 aromatic rings. The van der Waals surface area contributed by atoms with Crippen molar-refractivity contribution in [2.24, 2.45) is 5.92 Å². The second kappa shape index (κ2) is 13.7. The molecule has 1 saturated heterocycles. The highest BCUT2D eigenvalue weighted by Gasteiger charge is 2.33. The number of pyridine rings is 1. The largest absolute Gasteiger partial charge is 0.460 e. The van der Waals surface area contributed by atoms with E-state index in [1.54, 1.807) is 31.3 Å². The van der Waals surface area contributed by atoms with Gasteiger partial charge in [-0.2, -0.15) is 0 Å². The molecule has 0 bridgehead atoms. The van der Waals surface area contributed by atoms with Crippen molar-refractivity contribution < 1.29 is 23.9 Å². The van der Waals surface area contributed by atoms with Crippen LogP contribution in [0.5, 0.6) is 0 Å². The van der Waals surface area contributed by atoms with E-state index in [2.05, 4.69) is 27.9 Å². The second-order valence-electron chi connectivity index (χ2n) is 9.01. The van der Waals surface area contributed by atoms with Gasteiger partial charge in [-0.05, 0) is 37.8 Å². The molecule has 3 N–H and O–H groups in total. The summed E-state index contributed by atoms with van der Waals surface area (Å²) >= 11 is 0. The number of nitrogens with zero attached hydrogens (tertiary/aromatic N) is 1. The molecule has 2 heterocycles. The Morgan fingerprint density at radius 1 is 1.06 bits per heavy atom. The zero-order valence-electron chi connectivity index (χ0n) is 20.6. The van der Waals surface area contributed by atoms with E-state index in [9.17, 15) is 19.2 Å². The molecular weight excluding hydrogens is 436 g/mol. The molecule has 0 aliphatic carbocycles. The van der Waals surface area contributed by atoms with Gasteiger partial charge in [0.1, 0.15) is 24.2 Å². The number of aromatic nitrogens is 1. The number of carbonyl (C=O) groups excluding carboxylic acids is 4. The predicted octanol–water partition coefficient (Wildman–Crippen LogP) is 2.04. The summed E-state index contributed by atoms with van der Waals surface area (Å²) < 4.78 is 5.75. The Kier molecular flexibility index (Phi) is 11.0. The van der Waals surface area contributed by atoms with Gasteiger partial charge in [-0.1, -0.05) is 46.1 Å². The number of hydrogen-bond donors (Lipinski definition) is 3. The minimum atomic E-state index is -0.921. The van der Waals surface area contributed by atoms with Crippen molar-refractivity contribution in [3.05, 3.63) is 30.1 Å². The Morgan fingerprint density at radius 3 is 2.47 bits per heavy atom. The Hall–Kier alpha value is -2.97. The molecule has 188 valence electrons. The van der Waals surface area contributed by atoms with Crippen molar-refractivity contribution in [3.8, 4) is 0 Å². The van der Waals surface area contributed by atoms with Gasteiger partial charge in [0, 0.05) is 18.3 Å². The lowest BCUT2D eigenvalue weighted by molar-refractivity contribution is -0.156. The summed E-state index contributed by atoms with van der Waals surface area (Å²) in [6.45, 7) is 7.39. The highest BCUT2D eigenvalue weighted by molar-refractivity contribution is 5.94. The minimum Gasteiger partial charge on any atom is -0.460 e. The standard InChI is InChI=1S/C25H38N4O5/c1-5-7-8-12-19-15-21(30)28-20(14-18-11-9-10-13-26-18)24(32)27-17(4)23(31)29-22(16(3)6-2)25(33)34-19/h9-11,13,16-17,19-20,22H,5-8,12,14-15H2,1-4H3,(H,27,32)(H,28,30)(H,29,31)/t16-,17-,19+,20-,22+/m0/s1. The van der Waals surface area contributed by atoms with Crippen LogP contribution in [0.2, 0.25) is 0 Å². The maximum atomic E-state index is 13.0. The SMILES string of the molecule is CCCCC[C@@H]1CC(=O)N[C@@H](Cc2ccccn2)C(=O)N[C@@H](C)C(=O)N[C@H]([C@@H](C)CC)C(=O)O1. The number of carbonyl (C=O) groups is 4. The Morgan fingerprint density at radius 2 is 1.82 bits per heavy atom. The molecular formula is C25H38N4O5. The molecule has 9 heteroatoms. The Balaban J connectivity index is 2.32. The quantitative estimate of drug-likeness (QED) is 0.391. The van der Waals surface area contributed by atoms with Crippen LogP contribution >= 0.6 is 0 Å². The van der Waals surface area contributed by atoms with Crippen molar-refractivity contribution in [3.63, 3.8) is 0 Å². The van der Waals surface area contributed by atoms with Crippen LogP contribution in [0.1, 0.15) is 71.9 Å². The van der Waals surface area contributed by atoms with Gasteiger partial charge in [0.2, 0.25) is 17.7 Å². The molecule has 0 saturated carbocycles. The Labute approximate surface area is 201 Å². The normalized spacial score (nSPS) is 25.5. The third-order valence-electron chi connectivity index (χ3n) is 6.13. The average molecular weight is 475 g/mol. The van der Waals surface area contributed by atoms with Gasteiger partial charge in [0.25, 0.3) is 0 Å². The Bertz CT molecular complexity index is 832. The minimum absolute atomic E-state index is 0.0574. The first-order chi connectivity index (χ1) is 16.2. The van der Waals surface area contributed by atoms with Crippen molar-refractivity contribution in [2.75, 3.05) is 0 Å². The average Bonchev–Trinajstić information content (AvgIpc) is 2.81. The molecule has 1 aliphatic heterocycles. The molecule has 3 amide bonds. The van der Waals surface area contributed by atoms with Crippen molar-refractivity contribution in [2.45, 2.75) is 96.9 Å². The topological polar surface area (TPSA) is 126 Å². The van der Waals surface area contributed by atoms with Crippen LogP contribution in [-0.4, -0.2) is 52.9 Å². The number of unbranched alkanes of at least 4 members (excludes halogenated alkanes) is 2. The van der Waals surface area contributed by atoms with E-state index in [1.807, 2.05) is 13.8 Å². The maximum Gasteiger partial charge on any atom is 0.329 e. The lowest BCUT2D eigenvalue weighted by Gasteiger charge is -2.26. The number of amides is 3. The van der Waals surface area contributed by atoms with Crippen LogP contribution in [-0.2, 0) is 30.3 Å². The van der Waals surface area contributed by atoms with Gasteiger partial charge in [-0.15, -0.1) is 0 Å². The van der Waals surface area contributed by atoms with Gasteiger partial charge in [0.05, 0.1) is 6.42 Å². The summed E-state index contributed by atoms with van der Waals surface area (Å²) in [5, 5.41) is 8.16. The van der Waals surface area contributed by atoms with E-state index in [0.717, 1.165) is 19.3 Å². The first-order valence-electron chi connectivity index (χ1n) is 12.3. The van der Waals surface area contributed by atoms with Crippen LogP contribution in [0.15, 0.2) is 24.4 Å². The van der Waals surface area contributed by atoms with Crippen LogP contribution in [0.25, 0.3) is 0 Å². The molecule has 2 rings (SSSR count). The van der Waals surface area contributed by atoms with E-state index in [-0.39, 0.29) is 18.8 Å². The third kappa shape index (κ3) is 8.43. The number of ether oxygens (including phenoxy) is 1. The number of cyclic esters (lactones) is 1. The highest BCUT2D eigenvalue weighted by Crippen LogP contribution is 2.16. The first-order valence-corrected chi connectivity index (χ1v) is 12.3. The van der Waals surface area contributed by atoms with Gasteiger partial charge in [-0.3, -0.25) is 19.4 Å². The summed E-state index contributed by atoms with van der Waals surface area (Å²) in [7, 11) is 0. The van der Waals surface area contributed by atoms with Crippen LogP contribution < -0.4 is 16.0 Å². The third-order valence-corrected chi connectivity index (χ3v) is 6.13. The van der Waals surface area contributed by atoms with E-state index in [0.29, 0.717) is 18.5 Å². The van der Waals surface area contributed by atoms with Crippen LogP contribution in [0.3, 0.4) is 0 Å². The number of hydrogen-bond acceptors (Lipinski definition) is 6. The molecule has 1 fully saturated rings. The van der Waals surface area contributed by atoms with E-state index in [4.69, 9.17) is 4.74 Å². The molecule has 34 heavy (non-hydrogen) atoms. The fourth-order valence-electron chi connectivity index (χ4n) is 3.79. The smallest absolute Gasteiger partial charge is 0.329 e. The molecule has 1 aliphatic rings. The lowest BCUT2D eigenvalue weighted by atomic mass is 9.98. The number of nitrogens with one attached hydrogen (secondary N) is 3. The molecule has 0 radical (unpaired) electrons. The van der Waals surface area contributed by atoms with E-state index in [1.165, 1.54) is 0 Å². The lowest BCUT2D eigenvalue weighted by Crippen LogP contribution is -2.55. The van der Waals surface area contributed by atoms with Crippen molar-refractivity contribution in [1.82, 2.24) is 20.9 Å². The van der Waals surface area contributed by atoms with E-state index >= 15 is 0 Å². The molecule has 1 aromatic heterocycles. The molecule has 0 spiro atoms. The summed E-state index contributed by atoms with van der Waals surface area (Å²) in [5.74, 6) is -2.10. The fourth-order valence-corrected chi connectivity index (χ4v) is 3.79. The maximum absolute atomic E-state index is 13.0.